The van der Waals surface area contributed by atoms with Crippen LogP contribution >= 0.6 is 0 Å². The molecule has 2 aromatic carbocycles. The number of carbonyl (C=O) groups excluding carboxylic acids is 1. The molecule has 5 rings (SSSR count). The molecule has 0 unspecified atom stereocenters. The molecule has 0 radical (unpaired) electrons. The number of hydrogen-bond donors (Lipinski definition) is 2. The Morgan fingerprint density at radius 3 is 2.52 bits per heavy atom. The van der Waals surface area contributed by atoms with Crippen LogP contribution in [-0.2, 0) is 17.8 Å². The van der Waals surface area contributed by atoms with Crippen LogP contribution in [0.4, 0.5) is 10.5 Å². The minimum Gasteiger partial charge on any atom is -0.483 e. The molecule has 2 N–H and O–H groups in total. The van der Waals surface area contributed by atoms with Crippen molar-refractivity contribution in [3.05, 3.63) is 53.6 Å². The Balaban J connectivity index is 0.000000730. The number of nitrogens with zero attached hydrogens (tertiary/aromatic N) is 2. The van der Waals surface area contributed by atoms with Gasteiger partial charge in [-0.3, -0.25) is 9.69 Å². The zero-order valence-corrected chi connectivity index (χ0v) is 17.3. The number of likely N-dealkylation sites (tertiary alicyclic amines) is 1. The van der Waals surface area contributed by atoms with Crippen molar-refractivity contribution in [2.45, 2.75) is 31.8 Å². The number of piperidine rings is 1. The number of rotatable bonds is 2. The van der Waals surface area contributed by atoms with E-state index in [2.05, 4.69) is 34.5 Å². The minimum absolute atomic E-state index is 0.0405. The fraction of sp³-hybridized carbons (Fsp3) is 0.391. The summed E-state index contributed by atoms with van der Waals surface area (Å²) in [6.45, 7) is 3.72. The van der Waals surface area contributed by atoms with Gasteiger partial charge in [0.05, 0.1) is 0 Å². The molecule has 1 saturated heterocycles. The van der Waals surface area contributed by atoms with Gasteiger partial charge in [0.15, 0.2) is 11.5 Å². The molecule has 2 amide bonds. The minimum atomic E-state index is -0.250. The van der Waals surface area contributed by atoms with E-state index in [1.165, 1.54) is 11.1 Å². The zero-order valence-electron chi connectivity index (χ0n) is 17.3. The SMILES string of the molecule is O=C(Nc1ccc2c(c1)OCO2)N1CCC(N2CCc3ccccc3C2)CC1.O=CO. The summed E-state index contributed by atoms with van der Waals surface area (Å²) in [7, 11) is 0. The van der Waals surface area contributed by atoms with E-state index in [0.717, 1.165) is 56.9 Å². The number of benzene rings is 2. The van der Waals surface area contributed by atoms with E-state index >= 15 is 0 Å². The van der Waals surface area contributed by atoms with Gasteiger partial charge in [0.25, 0.3) is 6.47 Å². The number of nitrogens with one attached hydrogen (secondary N) is 1. The van der Waals surface area contributed by atoms with Gasteiger partial charge in [-0.05, 0) is 42.5 Å². The van der Waals surface area contributed by atoms with Crippen molar-refractivity contribution in [1.29, 1.82) is 0 Å². The first-order valence-corrected chi connectivity index (χ1v) is 10.5. The number of ether oxygens (including phenoxy) is 2. The fourth-order valence-corrected chi connectivity index (χ4v) is 4.44. The lowest BCUT2D eigenvalue weighted by atomic mass is 9.95. The number of fused-ring (bicyclic) bond motifs is 2. The molecule has 2 aromatic rings. The molecule has 0 aliphatic carbocycles. The van der Waals surface area contributed by atoms with Crippen LogP contribution in [0.25, 0.3) is 0 Å². The summed E-state index contributed by atoms with van der Waals surface area (Å²) < 4.78 is 10.7. The Morgan fingerprint density at radius 1 is 1.03 bits per heavy atom. The van der Waals surface area contributed by atoms with E-state index in [1.54, 1.807) is 0 Å². The molecule has 164 valence electrons. The van der Waals surface area contributed by atoms with Crippen molar-refractivity contribution in [1.82, 2.24) is 9.80 Å². The highest BCUT2D eigenvalue weighted by Gasteiger charge is 2.29. The second-order valence-electron chi connectivity index (χ2n) is 7.81. The largest absolute Gasteiger partial charge is 0.483 e. The molecule has 0 aromatic heterocycles. The number of urea groups is 1. The standard InChI is InChI=1S/C22H25N3O3.CH2O2/c26-22(23-18-5-6-20-21(13-18)28-15-27-20)24-11-8-19(9-12-24)25-10-7-16-3-1-2-4-17(16)14-25;2-1-3/h1-6,13,19H,7-12,14-15H2,(H,23,26);1H,(H,2,3). The predicted octanol–water partition coefficient (Wildman–Crippen LogP) is 3.17. The molecule has 8 heteroatoms. The maximum absolute atomic E-state index is 12.6. The molecule has 8 nitrogen and oxygen atoms in total. The Bertz CT molecular complexity index is 927. The van der Waals surface area contributed by atoms with Crippen LogP contribution in [0.2, 0.25) is 0 Å². The lowest BCUT2D eigenvalue weighted by Gasteiger charge is -2.40. The van der Waals surface area contributed by atoms with Crippen molar-refractivity contribution < 1.29 is 24.2 Å². The highest BCUT2D eigenvalue weighted by atomic mass is 16.7. The van der Waals surface area contributed by atoms with Gasteiger partial charge in [-0.2, -0.15) is 0 Å². The average molecular weight is 425 g/mol. The maximum Gasteiger partial charge on any atom is 0.321 e. The first-order chi connectivity index (χ1) is 15.2. The maximum atomic E-state index is 12.6. The molecule has 1 fully saturated rings. The van der Waals surface area contributed by atoms with E-state index in [1.807, 2.05) is 23.1 Å². The molecule has 0 saturated carbocycles. The van der Waals surface area contributed by atoms with Crippen molar-refractivity contribution in [2.75, 3.05) is 31.7 Å². The Morgan fingerprint density at radius 2 is 1.74 bits per heavy atom. The van der Waals surface area contributed by atoms with Crippen molar-refractivity contribution in [2.24, 2.45) is 0 Å². The molecule has 3 heterocycles. The summed E-state index contributed by atoms with van der Waals surface area (Å²) >= 11 is 0. The number of amides is 2. The molecular formula is C23H27N3O5. The monoisotopic (exact) mass is 425 g/mol. The fourth-order valence-electron chi connectivity index (χ4n) is 4.44. The van der Waals surface area contributed by atoms with Gasteiger partial charge >= 0.3 is 6.03 Å². The zero-order chi connectivity index (χ0) is 21.6. The Hall–Kier alpha value is -3.26. The van der Waals surface area contributed by atoms with E-state index in [9.17, 15) is 4.79 Å². The smallest absolute Gasteiger partial charge is 0.321 e. The summed E-state index contributed by atoms with van der Waals surface area (Å²) in [5.41, 5.74) is 3.68. The second kappa shape index (κ2) is 9.70. The topological polar surface area (TPSA) is 91.3 Å². The third-order valence-corrected chi connectivity index (χ3v) is 6.05. The van der Waals surface area contributed by atoms with Crippen LogP contribution in [0.1, 0.15) is 24.0 Å². The molecule has 3 aliphatic heterocycles. The lowest BCUT2D eigenvalue weighted by molar-refractivity contribution is -0.122. The van der Waals surface area contributed by atoms with E-state index in [-0.39, 0.29) is 19.3 Å². The molecule has 0 spiro atoms. The highest BCUT2D eigenvalue weighted by molar-refractivity contribution is 5.89. The number of carbonyl (C=O) groups is 2. The van der Waals surface area contributed by atoms with Crippen molar-refractivity contribution in [3.8, 4) is 11.5 Å². The third-order valence-electron chi connectivity index (χ3n) is 6.05. The van der Waals surface area contributed by atoms with Gasteiger partial charge in [0, 0.05) is 44.0 Å². The van der Waals surface area contributed by atoms with Crippen molar-refractivity contribution in [3.63, 3.8) is 0 Å². The number of carboxylic acid groups (broad SMARTS) is 1. The first kappa shape index (κ1) is 21.0. The van der Waals surface area contributed by atoms with E-state index < -0.39 is 0 Å². The van der Waals surface area contributed by atoms with Crippen LogP contribution in [0.3, 0.4) is 0 Å². The van der Waals surface area contributed by atoms with Crippen LogP contribution in [0.15, 0.2) is 42.5 Å². The van der Waals surface area contributed by atoms with Gasteiger partial charge in [0.1, 0.15) is 0 Å². The van der Waals surface area contributed by atoms with Gasteiger partial charge < -0.3 is 24.8 Å². The summed E-state index contributed by atoms with van der Waals surface area (Å²) in [5.74, 6) is 1.41. The Labute approximate surface area is 181 Å². The second-order valence-corrected chi connectivity index (χ2v) is 7.81. The normalized spacial score (nSPS) is 17.9. The van der Waals surface area contributed by atoms with E-state index in [0.29, 0.717) is 11.8 Å². The summed E-state index contributed by atoms with van der Waals surface area (Å²) in [6, 6.07) is 14.8. The van der Waals surface area contributed by atoms with Gasteiger partial charge in [0.2, 0.25) is 6.79 Å². The molecule has 3 aliphatic rings. The van der Waals surface area contributed by atoms with Gasteiger partial charge in [-0.1, -0.05) is 24.3 Å². The quantitative estimate of drug-likeness (QED) is 0.719. The molecule has 0 atom stereocenters. The lowest BCUT2D eigenvalue weighted by Crippen LogP contribution is -2.49. The van der Waals surface area contributed by atoms with E-state index in [4.69, 9.17) is 19.4 Å². The summed E-state index contributed by atoms with van der Waals surface area (Å²) in [5, 5.41) is 9.88. The van der Waals surface area contributed by atoms with Crippen LogP contribution in [0.5, 0.6) is 11.5 Å². The number of anilines is 1. The predicted molar refractivity (Wildman–Crippen MR) is 115 cm³/mol. The number of hydrogen-bond acceptors (Lipinski definition) is 5. The van der Waals surface area contributed by atoms with Gasteiger partial charge in [-0.25, -0.2) is 4.79 Å². The van der Waals surface area contributed by atoms with Crippen LogP contribution < -0.4 is 14.8 Å². The first-order valence-electron chi connectivity index (χ1n) is 10.5. The average Bonchev–Trinajstić information content (AvgIpc) is 3.27. The third kappa shape index (κ3) is 4.91. The van der Waals surface area contributed by atoms with Gasteiger partial charge in [-0.15, -0.1) is 0 Å². The van der Waals surface area contributed by atoms with Crippen molar-refractivity contribution >= 4 is 18.2 Å². The molecule has 0 bridgehead atoms. The summed E-state index contributed by atoms with van der Waals surface area (Å²) in [4.78, 5) is 25.5. The van der Waals surface area contributed by atoms with Crippen LogP contribution in [0, 0.1) is 0 Å². The highest BCUT2D eigenvalue weighted by Crippen LogP contribution is 2.34. The summed E-state index contributed by atoms with van der Waals surface area (Å²) in [6.07, 6.45) is 3.18. The van der Waals surface area contributed by atoms with Crippen LogP contribution in [-0.4, -0.2) is 59.9 Å². The molecule has 31 heavy (non-hydrogen) atoms. The Kier molecular flexibility index (Phi) is 6.57. The molecular weight excluding hydrogens is 398 g/mol.